The fourth-order valence-corrected chi connectivity index (χ4v) is 7.79. The van der Waals surface area contributed by atoms with Gasteiger partial charge in [0.05, 0.1) is 38.9 Å². The Bertz CT molecular complexity index is 3000. The van der Waals surface area contributed by atoms with Crippen molar-refractivity contribution in [2.75, 3.05) is 0 Å². The fraction of sp³-hybridized carbons (Fsp3) is 0. The zero-order valence-corrected chi connectivity index (χ0v) is 26.1. The fourth-order valence-electron chi connectivity index (χ4n) is 7.79. The molecule has 3 heterocycles. The van der Waals surface area contributed by atoms with Gasteiger partial charge in [-0.3, -0.25) is 0 Å². The molecule has 0 amide bonds. The molecule has 0 aliphatic heterocycles. The average Bonchev–Trinajstić information content (AvgIpc) is 3.82. The molecule has 0 spiro atoms. The summed E-state index contributed by atoms with van der Waals surface area (Å²) in [6.45, 7) is 0. The second kappa shape index (κ2) is 10.2. The summed E-state index contributed by atoms with van der Waals surface area (Å²) in [6.07, 6.45) is 0. The SMILES string of the molecule is N#Cc1cc(-n2c3ccccc3c3ccccc32)cc(C#N)c1-n1c2ccccc2c2cccc(-c3cccc4c3oc3ccccc34)c21. The van der Waals surface area contributed by atoms with Crippen molar-refractivity contribution in [2.45, 2.75) is 0 Å². The number of nitrogens with zero attached hydrogens (tertiary/aromatic N) is 4. The van der Waals surface area contributed by atoms with E-state index in [-0.39, 0.29) is 0 Å². The molecule has 5 heteroatoms. The molecule has 0 saturated heterocycles. The van der Waals surface area contributed by atoms with E-state index < -0.39 is 0 Å². The first-order valence-corrected chi connectivity index (χ1v) is 16.1. The van der Waals surface area contributed by atoms with E-state index in [0.29, 0.717) is 16.8 Å². The lowest BCUT2D eigenvalue weighted by molar-refractivity contribution is 0.670. The van der Waals surface area contributed by atoms with E-state index in [0.717, 1.165) is 82.4 Å². The maximum Gasteiger partial charge on any atom is 0.143 e. The quantitative estimate of drug-likeness (QED) is 0.196. The highest BCUT2D eigenvalue weighted by Gasteiger charge is 2.24. The van der Waals surface area contributed by atoms with Crippen molar-refractivity contribution < 1.29 is 4.42 Å². The zero-order valence-electron chi connectivity index (χ0n) is 26.1. The largest absolute Gasteiger partial charge is 0.455 e. The summed E-state index contributed by atoms with van der Waals surface area (Å²) in [6, 6.07) is 54.1. The van der Waals surface area contributed by atoms with Crippen molar-refractivity contribution in [1.29, 1.82) is 10.5 Å². The van der Waals surface area contributed by atoms with E-state index in [1.807, 2.05) is 66.7 Å². The van der Waals surface area contributed by atoms with E-state index in [1.54, 1.807) is 0 Å². The van der Waals surface area contributed by atoms with E-state index in [4.69, 9.17) is 4.42 Å². The molecule has 0 saturated carbocycles. The summed E-state index contributed by atoms with van der Waals surface area (Å²) >= 11 is 0. The normalized spacial score (nSPS) is 11.6. The van der Waals surface area contributed by atoms with Crippen LogP contribution >= 0.6 is 0 Å². The molecule has 49 heavy (non-hydrogen) atoms. The summed E-state index contributed by atoms with van der Waals surface area (Å²) in [5.41, 5.74) is 9.54. The monoisotopic (exact) mass is 624 g/mol. The van der Waals surface area contributed by atoms with Crippen LogP contribution in [0.15, 0.2) is 150 Å². The summed E-state index contributed by atoms with van der Waals surface area (Å²) < 4.78 is 10.8. The topological polar surface area (TPSA) is 70.6 Å². The maximum absolute atomic E-state index is 10.8. The van der Waals surface area contributed by atoms with Crippen LogP contribution in [-0.2, 0) is 0 Å². The smallest absolute Gasteiger partial charge is 0.143 e. The van der Waals surface area contributed by atoms with Crippen molar-refractivity contribution in [3.8, 4) is 34.6 Å². The lowest BCUT2D eigenvalue weighted by Crippen LogP contribution is -2.05. The zero-order chi connectivity index (χ0) is 32.6. The predicted octanol–water partition coefficient (Wildman–Crippen LogP) is 11.2. The lowest BCUT2D eigenvalue weighted by Gasteiger charge is -2.17. The number of nitriles is 2. The van der Waals surface area contributed by atoms with Gasteiger partial charge in [-0.1, -0.05) is 109 Å². The minimum atomic E-state index is 0.412. The van der Waals surface area contributed by atoms with Crippen LogP contribution in [0.25, 0.3) is 88.1 Å². The number of benzene rings is 7. The predicted molar refractivity (Wildman–Crippen MR) is 197 cm³/mol. The van der Waals surface area contributed by atoms with Crippen molar-refractivity contribution >= 4 is 65.6 Å². The van der Waals surface area contributed by atoms with Gasteiger partial charge >= 0.3 is 0 Å². The maximum atomic E-state index is 10.8. The first-order valence-electron chi connectivity index (χ1n) is 16.1. The number of para-hydroxylation sites is 6. The third-order valence-corrected chi connectivity index (χ3v) is 9.79. The third kappa shape index (κ3) is 3.73. The molecule has 0 aliphatic carbocycles. The molecule has 0 atom stereocenters. The van der Waals surface area contributed by atoms with Gasteiger partial charge in [0.25, 0.3) is 0 Å². The van der Waals surface area contributed by atoms with Crippen molar-refractivity contribution in [3.63, 3.8) is 0 Å². The second-order valence-corrected chi connectivity index (χ2v) is 12.3. The molecule has 226 valence electrons. The Morgan fingerprint density at radius 2 is 0.939 bits per heavy atom. The summed E-state index contributed by atoms with van der Waals surface area (Å²) in [4.78, 5) is 0. The highest BCUT2D eigenvalue weighted by atomic mass is 16.3. The van der Waals surface area contributed by atoms with Crippen LogP contribution < -0.4 is 0 Å². The summed E-state index contributed by atoms with van der Waals surface area (Å²) in [5.74, 6) is 0. The molecular weight excluding hydrogens is 601 g/mol. The number of hydrogen-bond donors (Lipinski definition) is 0. The van der Waals surface area contributed by atoms with Crippen molar-refractivity contribution in [1.82, 2.24) is 9.13 Å². The van der Waals surface area contributed by atoms with Crippen molar-refractivity contribution in [3.05, 3.63) is 157 Å². The molecule has 10 aromatic rings. The van der Waals surface area contributed by atoms with E-state index in [2.05, 4.69) is 100 Å². The summed E-state index contributed by atoms with van der Waals surface area (Å²) in [5, 5.41) is 28.1. The van der Waals surface area contributed by atoms with Crippen LogP contribution in [-0.4, -0.2) is 9.13 Å². The molecular formula is C44H24N4O. The minimum absolute atomic E-state index is 0.412. The first kappa shape index (κ1) is 27.1. The van der Waals surface area contributed by atoms with E-state index in [1.165, 1.54) is 0 Å². The highest BCUT2D eigenvalue weighted by Crippen LogP contribution is 2.43. The van der Waals surface area contributed by atoms with Gasteiger partial charge < -0.3 is 13.6 Å². The number of fused-ring (bicyclic) bond motifs is 9. The number of aromatic nitrogens is 2. The van der Waals surface area contributed by atoms with Crippen LogP contribution in [0, 0.1) is 22.7 Å². The van der Waals surface area contributed by atoms with Gasteiger partial charge in [0.2, 0.25) is 0 Å². The summed E-state index contributed by atoms with van der Waals surface area (Å²) in [7, 11) is 0. The van der Waals surface area contributed by atoms with E-state index >= 15 is 0 Å². The van der Waals surface area contributed by atoms with Crippen LogP contribution in [0.2, 0.25) is 0 Å². The standard InChI is InChI=1S/C44H24N4O/c45-25-27-23-29(47-38-19-5-1-11-30(38)31-12-2-6-20-39(31)47)24-28(26-46)42(27)48-40-21-7-3-13-32(40)34-15-9-16-35(43(34)48)37-18-10-17-36-33-14-4-8-22-41(33)49-44(36)37/h1-24H. The van der Waals surface area contributed by atoms with Crippen LogP contribution in [0.3, 0.4) is 0 Å². The Hall–Kier alpha value is -7.08. The second-order valence-electron chi connectivity index (χ2n) is 12.3. The molecule has 5 nitrogen and oxygen atoms in total. The Labute approximate surface area is 280 Å². The Morgan fingerprint density at radius 3 is 1.57 bits per heavy atom. The van der Waals surface area contributed by atoms with Gasteiger partial charge in [-0.25, -0.2) is 0 Å². The van der Waals surface area contributed by atoms with Gasteiger partial charge in [-0.15, -0.1) is 0 Å². The van der Waals surface area contributed by atoms with Gasteiger partial charge in [-0.2, -0.15) is 10.5 Å². The highest BCUT2D eigenvalue weighted by molar-refractivity contribution is 6.17. The van der Waals surface area contributed by atoms with Crippen molar-refractivity contribution in [2.24, 2.45) is 0 Å². The lowest BCUT2D eigenvalue weighted by atomic mass is 9.99. The van der Waals surface area contributed by atoms with Gasteiger partial charge in [-0.05, 0) is 36.4 Å². The van der Waals surface area contributed by atoms with E-state index in [9.17, 15) is 10.5 Å². The Balaban J connectivity index is 1.32. The molecule has 0 bridgehead atoms. The molecule has 10 rings (SSSR count). The minimum Gasteiger partial charge on any atom is -0.455 e. The molecule has 0 radical (unpaired) electrons. The van der Waals surface area contributed by atoms with Gasteiger partial charge in [0, 0.05) is 49.1 Å². The molecule has 3 aromatic heterocycles. The molecule has 7 aromatic carbocycles. The van der Waals surface area contributed by atoms with Crippen LogP contribution in [0.1, 0.15) is 11.1 Å². The first-order chi connectivity index (χ1) is 24.2. The Kier molecular flexibility index (Phi) is 5.64. The number of furan rings is 1. The van der Waals surface area contributed by atoms with Crippen LogP contribution in [0.5, 0.6) is 0 Å². The number of rotatable bonds is 3. The molecule has 0 fully saturated rings. The number of hydrogen-bond acceptors (Lipinski definition) is 3. The van der Waals surface area contributed by atoms with Gasteiger partial charge in [0.1, 0.15) is 23.3 Å². The molecule has 0 N–H and O–H groups in total. The molecule has 0 aliphatic rings. The van der Waals surface area contributed by atoms with Crippen LogP contribution in [0.4, 0.5) is 0 Å². The Morgan fingerprint density at radius 1 is 0.449 bits per heavy atom. The van der Waals surface area contributed by atoms with Gasteiger partial charge in [0.15, 0.2) is 0 Å². The molecule has 0 unspecified atom stereocenters. The third-order valence-electron chi connectivity index (χ3n) is 9.79. The average molecular weight is 625 g/mol.